The Balaban J connectivity index is 2.95. The molecule has 0 radical (unpaired) electrons. The van der Waals surface area contributed by atoms with Crippen molar-refractivity contribution in [2.24, 2.45) is 0 Å². The van der Waals surface area contributed by atoms with E-state index in [0.29, 0.717) is 0 Å². The van der Waals surface area contributed by atoms with Crippen molar-refractivity contribution in [2.75, 3.05) is 0 Å². The Morgan fingerprint density at radius 1 is 1.55 bits per heavy atom. The molecule has 0 unspecified atom stereocenters. The van der Waals surface area contributed by atoms with E-state index in [-0.39, 0.29) is 17.2 Å². The molecule has 0 aromatic heterocycles. The minimum Gasteiger partial charge on any atom is -0.429 e. The summed E-state index contributed by atoms with van der Waals surface area (Å²) in [5.41, 5.74) is 0. The van der Waals surface area contributed by atoms with E-state index >= 15 is 0 Å². The van der Waals surface area contributed by atoms with E-state index in [0.717, 1.165) is 6.07 Å². The van der Waals surface area contributed by atoms with Crippen LogP contribution in [0.15, 0.2) is 18.2 Å². The summed E-state index contributed by atoms with van der Waals surface area (Å²) >= 11 is 5.38. The zero-order valence-electron chi connectivity index (χ0n) is 5.38. The topological polar surface area (TPSA) is 26.3 Å². The fourth-order valence-electron chi connectivity index (χ4n) is 0.606. The molecule has 2 nitrogen and oxygen atoms in total. The molecule has 0 heterocycles. The maximum Gasteiger partial charge on any atom is 0.298 e. The lowest BCUT2D eigenvalue weighted by Gasteiger charge is -1.97. The molecule has 11 heavy (non-hydrogen) atoms. The van der Waals surface area contributed by atoms with Crippen LogP contribution in [0.1, 0.15) is 0 Å². The lowest BCUT2D eigenvalue weighted by molar-refractivity contribution is -0.120. The second-order valence-corrected chi connectivity index (χ2v) is 2.20. The number of hydrogen-bond acceptors (Lipinski definition) is 2. The van der Waals surface area contributed by atoms with Crippen LogP contribution in [0.3, 0.4) is 0 Å². The van der Waals surface area contributed by atoms with Crippen LogP contribution in [0, 0.1) is 5.82 Å². The number of benzene rings is 1. The molecule has 4 heteroatoms. The van der Waals surface area contributed by atoms with Gasteiger partial charge in [0, 0.05) is 6.07 Å². The highest BCUT2D eigenvalue weighted by molar-refractivity contribution is 6.30. The van der Waals surface area contributed by atoms with E-state index in [1.165, 1.54) is 12.1 Å². The maximum absolute atomic E-state index is 12.5. The van der Waals surface area contributed by atoms with Crippen molar-refractivity contribution in [1.82, 2.24) is 0 Å². The molecule has 0 bridgehead atoms. The number of hydrogen-bond donors (Lipinski definition) is 0. The van der Waals surface area contributed by atoms with Gasteiger partial charge in [-0.15, -0.1) is 0 Å². The lowest BCUT2D eigenvalue weighted by atomic mass is 10.3. The van der Waals surface area contributed by atoms with Crippen molar-refractivity contribution in [3.8, 4) is 5.75 Å². The summed E-state index contributed by atoms with van der Waals surface area (Å²) < 4.78 is 16.9. The van der Waals surface area contributed by atoms with Crippen LogP contribution in [0.25, 0.3) is 0 Å². The molecule has 0 N–H and O–H groups in total. The highest BCUT2D eigenvalue weighted by Crippen LogP contribution is 2.20. The molecule has 1 rings (SSSR count). The van der Waals surface area contributed by atoms with Gasteiger partial charge < -0.3 is 4.74 Å². The van der Waals surface area contributed by atoms with Crippen molar-refractivity contribution in [3.63, 3.8) is 0 Å². The first-order valence-electron chi connectivity index (χ1n) is 2.79. The van der Waals surface area contributed by atoms with E-state index in [4.69, 9.17) is 11.6 Å². The van der Waals surface area contributed by atoms with Gasteiger partial charge in [0.05, 0.1) is 5.02 Å². The third kappa shape index (κ3) is 1.91. The van der Waals surface area contributed by atoms with Gasteiger partial charge in [0.1, 0.15) is 11.6 Å². The Morgan fingerprint density at radius 2 is 2.27 bits per heavy atom. The van der Waals surface area contributed by atoms with Crippen molar-refractivity contribution in [2.45, 2.75) is 0 Å². The van der Waals surface area contributed by atoms with Crippen LogP contribution in [-0.4, -0.2) is 6.47 Å². The lowest BCUT2D eigenvalue weighted by Crippen LogP contribution is -1.88. The van der Waals surface area contributed by atoms with E-state index in [1.807, 2.05) is 0 Å². The van der Waals surface area contributed by atoms with Gasteiger partial charge in [-0.1, -0.05) is 11.6 Å². The van der Waals surface area contributed by atoms with E-state index in [2.05, 4.69) is 4.74 Å². The fraction of sp³-hybridized carbons (Fsp3) is 0. The Bertz CT molecular complexity index is 275. The standard InChI is InChI=1S/C7H4ClFO2/c8-6-3-5(11-4-10)1-2-7(6)9/h1-4H. The number of carbonyl (C=O) groups is 1. The van der Waals surface area contributed by atoms with Gasteiger partial charge in [-0.2, -0.15) is 0 Å². The summed E-state index contributed by atoms with van der Waals surface area (Å²) in [6.07, 6.45) is 0. The number of halogens is 2. The van der Waals surface area contributed by atoms with Crippen LogP contribution < -0.4 is 4.74 Å². The summed E-state index contributed by atoms with van der Waals surface area (Å²) in [6, 6.07) is 3.67. The SMILES string of the molecule is O=COc1ccc(F)c(Cl)c1. The third-order valence-corrected chi connectivity index (χ3v) is 1.36. The number of carbonyl (C=O) groups excluding carboxylic acids is 1. The Kier molecular flexibility index (Phi) is 2.44. The van der Waals surface area contributed by atoms with Crippen LogP contribution in [0.4, 0.5) is 4.39 Å². The molecule has 0 saturated carbocycles. The van der Waals surface area contributed by atoms with Crippen molar-refractivity contribution in [3.05, 3.63) is 29.0 Å². The van der Waals surface area contributed by atoms with Crippen molar-refractivity contribution < 1.29 is 13.9 Å². The zero-order chi connectivity index (χ0) is 8.27. The Labute approximate surface area is 67.5 Å². The van der Waals surface area contributed by atoms with Crippen LogP contribution >= 0.6 is 11.6 Å². The second kappa shape index (κ2) is 3.34. The molecule has 0 aliphatic heterocycles. The quantitative estimate of drug-likeness (QED) is 0.642. The molecule has 0 aliphatic rings. The predicted molar refractivity (Wildman–Crippen MR) is 38.1 cm³/mol. The Hall–Kier alpha value is -1.09. The van der Waals surface area contributed by atoms with E-state index in [1.54, 1.807) is 0 Å². The minimum atomic E-state index is -0.537. The van der Waals surface area contributed by atoms with Gasteiger partial charge in [0.25, 0.3) is 6.47 Å². The van der Waals surface area contributed by atoms with Crippen LogP contribution in [-0.2, 0) is 4.79 Å². The highest BCUT2D eigenvalue weighted by atomic mass is 35.5. The fourth-order valence-corrected chi connectivity index (χ4v) is 0.776. The van der Waals surface area contributed by atoms with Crippen molar-refractivity contribution >= 4 is 18.1 Å². The summed E-state index contributed by atoms with van der Waals surface area (Å²) in [4.78, 5) is 9.81. The molecular formula is C7H4ClFO2. The molecule has 0 saturated heterocycles. The second-order valence-electron chi connectivity index (χ2n) is 1.79. The van der Waals surface area contributed by atoms with E-state index in [9.17, 15) is 9.18 Å². The average Bonchev–Trinajstić information content (AvgIpc) is 1.98. The van der Waals surface area contributed by atoms with Crippen LogP contribution in [0.5, 0.6) is 5.75 Å². The van der Waals surface area contributed by atoms with Crippen molar-refractivity contribution in [1.29, 1.82) is 0 Å². The molecule has 0 atom stereocenters. The maximum atomic E-state index is 12.5. The van der Waals surface area contributed by atoms with Gasteiger partial charge in [-0.25, -0.2) is 4.39 Å². The molecule has 58 valence electrons. The van der Waals surface area contributed by atoms with Crippen LogP contribution in [0.2, 0.25) is 5.02 Å². The molecule has 1 aromatic rings. The summed E-state index contributed by atoms with van der Waals surface area (Å²) in [6.45, 7) is 0.254. The molecule has 0 amide bonds. The first-order chi connectivity index (χ1) is 5.24. The molecule has 0 aliphatic carbocycles. The smallest absolute Gasteiger partial charge is 0.298 e. The Morgan fingerprint density at radius 3 is 2.82 bits per heavy atom. The zero-order valence-corrected chi connectivity index (χ0v) is 6.14. The van der Waals surface area contributed by atoms with E-state index < -0.39 is 5.82 Å². The van der Waals surface area contributed by atoms with Gasteiger partial charge in [0.2, 0.25) is 0 Å². The first kappa shape index (κ1) is 8.01. The normalized spacial score (nSPS) is 9.27. The molecule has 0 spiro atoms. The molecule has 0 fully saturated rings. The highest BCUT2D eigenvalue weighted by Gasteiger charge is 2.00. The number of rotatable bonds is 2. The van der Waals surface area contributed by atoms with Gasteiger partial charge in [-0.3, -0.25) is 4.79 Å². The monoisotopic (exact) mass is 174 g/mol. The summed E-state index contributed by atoms with van der Waals surface area (Å²) in [5, 5.41) is -0.0654. The van der Waals surface area contributed by atoms with Gasteiger partial charge in [0.15, 0.2) is 0 Å². The minimum absolute atomic E-state index is 0.0654. The number of ether oxygens (including phenoxy) is 1. The molecule has 1 aromatic carbocycles. The van der Waals surface area contributed by atoms with Gasteiger partial charge in [-0.05, 0) is 12.1 Å². The third-order valence-electron chi connectivity index (χ3n) is 1.08. The van der Waals surface area contributed by atoms with Gasteiger partial charge >= 0.3 is 0 Å². The predicted octanol–water partition coefficient (Wildman–Crippen LogP) is 2.01. The molecular weight excluding hydrogens is 171 g/mol. The first-order valence-corrected chi connectivity index (χ1v) is 3.17. The average molecular weight is 175 g/mol. The largest absolute Gasteiger partial charge is 0.429 e. The summed E-state index contributed by atoms with van der Waals surface area (Å²) in [7, 11) is 0. The summed E-state index contributed by atoms with van der Waals surface area (Å²) in [5.74, 6) is -0.309.